The molecule has 0 bridgehead atoms. The van der Waals surface area contributed by atoms with Crippen LogP contribution >= 0.6 is 11.3 Å². The number of halogens is 1. The van der Waals surface area contributed by atoms with Crippen molar-refractivity contribution < 1.29 is 4.39 Å². The second kappa shape index (κ2) is 5.72. The fourth-order valence-corrected chi connectivity index (χ4v) is 2.03. The number of benzene rings is 1. The van der Waals surface area contributed by atoms with E-state index in [9.17, 15) is 4.39 Å². The van der Waals surface area contributed by atoms with Crippen molar-refractivity contribution in [2.75, 3.05) is 6.54 Å². The topological polar surface area (TPSA) is 24.9 Å². The first-order valence-corrected chi connectivity index (χ1v) is 6.06. The van der Waals surface area contributed by atoms with Gasteiger partial charge in [0, 0.05) is 17.6 Å². The van der Waals surface area contributed by atoms with Gasteiger partial charge in [-0.25, -0.2) is 4.39 Å². The zero-order valence-corrected chi connectivity index (χ0v) is 9.64. The smallest absolute Gasteiger partial charge is 0.126 e. The van der Waals surface area contributed by atoms with Crippen LogP contribution in [0, 0.1) is 5.82 Å². The van der Waals surface area contributed by atoms with Gasteiger partial charge in [0.05, 0.1) is 5.51 Å². The highest BCUT2D eigenvalue weighted by atomic mass is 32.1. The molecule has 2 rings (SSSR count). The van der Waals surface area contributed by atoms with Crippen LogP contribution in [0.5, 0.6) is 0 Å². The molecule has 2 aromatic rings. The summed E-state index contributed by atoms with van der Waals surface area (Å²) in [6.07, 6.45) is 2.56. The van der Waals surface area contributed by atoms with Crippen molar-refractivity contribution in [3.63, 3.8) is 0 Å². The van der Waals surface area contributed by atoms with Gasteiger partial charge in [-0.3, -0.25) is 4.98 Å². The third-order valence-electron chi connectivity index (χ3n) is 2.31. The van der Waals surface area contributed by atoms with E-state index < -0.39 is 0 Å². The predicted octanol–water partition coefficient (Wildman–Crippen LogP) is 2.61. The monoisotopic (exact) mass is 236 g/mol. The van der Waals surface area contributed by atoms with Crippen LogP contribution in [0.25, 0.3) is 0 Å². The summed E-state index contributed by atoms with van der Waals surface area (Å²) in [5.41, 5.74) is 2.58. The Labute approximate surface area is 98.2 Å². The SMILES string of the molecule is Fc1ccccc1CCNCc1cncs1. The summed E-state index contributed by atoms with van der Waals surface area (Å²) < 4.78 is 13.3. The first kappa shape index (κ1) is 11.2. The zero-order chi connectivity index (χ0) is 11.2. The minimum Gasteiger partial charge on any atom is -0.311 e. The number of thiazole rings is 1. The lowest BCUT2D eigenvalue weighted by Gasteiger charge is -2.04. The van der Waals surface area contributed by atoms with Crippen molar-refractivity contribution >= 4 is 11.3 Å². The Morgan fingerprint density at radius 3 is 2.94 bits per heavy atom. The standard InChI is InChI=1S/C12H13FN2S/c13-12-4-2-1-3-10(12)5-6-14-7-11-8-15-9-16-11/h1-4,8-9,14H,5-7H2. The molecule has 1 aromatic carbocycles. The van der Waals surface area contributed by atoms with Gasteiger partial charge in [0.15, 0.2) is 0 Å². The molecule has 84 valence electrons. The van der Waals surface area contributed by atoms with E-state index in [4.69, 9.17) is 0 Å². The van der Waals surface area contributed by atoms with E-state index in [-0.39, 0.29) is 5.82 Å². The summed E-state index contributed by atoms with van der Waals surface area (Å²) in [5.74, 6) is -0.123. The number of hydrogen-bond acceptors (Lipinski definition) is 3. The van der Waals surface area contributed by atoms with Crippen LogP contribution < -0.4 is 5.32 Å². The largest absolute Gasteiger partial charge is 0.311 e. The maximum Gasteiger partial charge on any atom is 0.126 e. The highest BCUT2D eigenvalue weighted by Gasteiger charge is 2.00. The van der Waals surface area contributed by atoms with Crippen LogP contribution in [0.3, 0.4) is 0 Å². The third kappa shape index (κ3) is 3.12. The number of nitrogens with zero attached hydrogens (tertiary/aromatic N) is 1. The van der Waals surface area contributed by atoms with E-state index in [0.29, 0.717) is 6.42 Å². The molecule has 1 heterocycles. The molecule has 0 radical (unpaired) electrons. The second-order valence-electron chi connectivity index (χ2n) is 3.49. The zero-order valence-electron chi connectivity index (χ0n) is 8.82. The minimum absolute atomic E-state index is 0.123. The lowest BCUT2D eigenvalue weighted by molar-refractivity contribution is 0.598. The molecule has 0 spiro atoms. The lowest BCUT2D eigenvalue weighted by Crippen LogP contribution is -2.16. The van der Waals surface area contributed by atoms with Gasteiger partial charge in [-0.2, -0.15) is 0 Å². The van der Waals surface area contributed by atoms with E-state index in [1.807, 2.05) is 23.8 Å². The van der Waals surface area contributed by atoms with E-state index in [1.54, 1.807) is 17.4 Å². The Morgan fingerprint density at radius 2 is 2.19 bits per heavy atom. The van der Waals surface area contributed by atoms with Crippen LogP contribution in [-0.2, 0) is 13.0 Å². The van der Waals surface area contributed by atoms with Crippen LogP contribution in [-0.4, -0.2) is 11.5 Å². The molecule has 2 nitrogen and oxygen atoms in total. The molecule has 0 aliphatic heterocycles. The van der Waals surface area contributed by atoms with Crippen molar-refractivity contribution in [1.82, 2.24) is 10.3 Å². The van der Waals surface area contributed by atoms with Crippen LogP contribution in [0.4, 0.5) is 4.39 Å². The van der Waals surface area contributed by atoms with Gasteiger partial charge in [-0.05, 0) is 24.6 Å². The lowest BCUT2D eigenvalue weighted by atomic mass is 10.1. The maximum absolute atomic E-state index is 13.3. The number of hydrogen-bond donors (Lipinski definition) is 1. The molecule has 1 N–H and O–H groups in total. The number of aromatic nitrogens is 1. The molecular weight excluding hydrogens is 223 g/mol. The first-order chi connectivity index (χ1) is 7.86. The summed E-state index contributed by atoms with van der Waals surface area (Å²) in [7, 11) is 0. The van der Waals surface area contributed by atoms with Crippen molar-refractivity contribution in [2.45, 2.75) is 13.0 Å². The normalized spacial score (nSPS) is 10.6. The summed E-state index contributed by atoms with van der Waals surface area (Å²) in [6, 6.07) is 6.90. The minimum atomic E-state index is -0.123. The summed E-state index contributed by atoms with van der Waals surface area (Å²) >= 11 is 1.62. The van der Waals surface area contributed by atoms with E-state index >= 15 is 0 Å². The van der Waals surface area contributed by atoms with E-state index in [0.717, 1.165) is 18.7 Å². The molecule has 16 heavy (non-hydrogen) atoms. The number of rotatable bonds is 5. The number of nitrogens with one attached hydrogen (secondary N) is 1. The molecule has 4 heteroatoms. The summed E-state index contributed by atoms with van der Waals surface area (Å²) in [4.78, 5) is 5.19. The molecular formula is C12H13FN2S. The molecule has 0 aliphatic carbocycles. The Balaban J connectivity index is 1.74. The van der Waals surface area contributed by atoms with Gasteiger partial charge < -0.3 is 5.32 Å². The van der Waals surface area contributed by atoms with Crippen LogP contribution in [0.15, 0.2) is 36.0 Å². The molecule has 0 saturated carbocycles. The van der Waals surface area contributed by atoms with Gasteiger partial charge >= 0.3 is 0 Å². The molecule has 0 amide bonds. The molecule has 0 unspecified atom stereocenters. The van der Waals surface area contributed by atoms with Crippen molar-refractivity contribution in [3.8, 4) is 0 Å². The van der Waals surface area contributed by atoms with E-state index in [1.165, 1.54) is 10.9 Å². The van der Waals surface area contributed by atoms with Gasteiger partial charge in [0.1, 0.15) is 5.82 Å². The average Bonchev–Trinajstić information content (AvgIpc) is 2.79. The van der Waals surface area contributed by atoms with Crippen LogP contribution in [0.1, 0.15) is 10.4 Å². The average molecular weight is 236 g/mol. The van der Waals surface area contributed by atoms with Crippen LogP contribution in [0.2, 0.25) is 0 Å². The van der Waals surface area contributed by atoms with Crippen molar-refractivity contribution in [1.29, 1.82) is 0 Å². The maximum atomic E-state index is 13.3. The molecule has 0 fully saturated rings. The predicted molar refractivity (Wildman–Crippen MR) is 63.9 cm³/mol. The Morgan fingerprint density at radius 1 is 1.31 bits per heavy atom. The fourth-order valence-electron chi connectivity index (χ4n) is 1.47. The molecule has 0 saturated heterocycles. The quantitative estimate of drug-likeness (QED) is 0.807. The van der Waals surface area contributed by atoms with Gasteiger partial charge in [0.25, 0.3) is 0 Å². The highest BCUT2D eigenvalue weighted by molar-refractivity contribution is 7.09. The molecule has 1 aromatic heterocycles. The van der Waals surface area contributed by atoms with Gasteiger partial charge in [-0.1, -0.05) is 18.2 Å². The Kier molecular flexibility index (Phi) is 4.02. The summed E-state index contributed by atoms with van der Waals surface area (Å²) in [5, 5.41) is 3.27. The fraction of sp³-hybridized carbons (Fsp3) is 0.250. The second-order valence-corrected chi connectivity index (χ2v) is 4.46. The summed E-state index contributed by atoms with van der Waals surface area (Å²) in [6.45, 7) is 1.58. The molecule has 0 aliphatic rings. The highest BCUT2D eigenvalue weighted by Crippen LogP contribution is 2.07. The first-order valence-electron chi connectivity index (χ1n) is 5.18. The van der Waals surface area contributed by atoms with E-state index in [2.05, 4.69) is 10.3 Å². The van der Waals surface area contributed by atoms with Gasteiger partial charge in [0.2, 0.25) is 0 Å². The third-order valence-corrected chi connectivity index (χ3v) is 3.09. The van der Waals surface area contributed by atoms with Crippen molar-refractivity contribution in [3.05, 3.63) is 52.2 Å². The Hall–Kier alpha value is -1.26. The molecule has 0 atom stereocenters. The van der Waals surface area contributed by atoms with Crippen molar-refractivity contribution in [2.24, 2.45) is 0 Å². The Bertz CT molecular complexity index is 428. The van der Waals surface area contributed by atoms with Gasteiger partial charge in [-0.15, -0.1) is 11.3 Å².